The van der Waals surface area contributed by atoms with Crippen molar-refractivity contribution in [3.63, 3.8) is 0 Å². The fraction of sp³-hybridized carbons (Fsp3) is 0.667. The fourth-order valence-corrected chi connectivity index (χ4v) is 2.39. The molecule has 0 saturated heterocycles. The summed E-state index contributed by atoms with van der Waals surface area (Å²) in [5.41, 5.74) is -1.22. The molecule has 0 fully saturated rings. The molecule has 0 bridgehead atoms. The monoisotopic (exact) mass is 441 g/mol. The molecule has 0 amide bonds. The summed E-state index contributed by atoms with van der Waals surface area (Å²) in [6.07, 6.45) is 0. The Morgan fingerprint density at radius 2 is 2.05 bits per heavy atom. The summed E-state index contributed by atoms with van der Waals surface area (Å²) in [5, 5.41) is 18.8. The number of halogens is 1. The lowest BCUT2D eigenvalue weighted by atomic mass is 10.1. The lowest BCUT2D eigenvalue weighted by Crippen LogP contribution is -2.45. The number of aliphatic imine (C=N–C) groups is 1. The van der Waals surface area contributed by atoms with Crippen molar-refractivity contribution in [3.05, 3.63) is 22.4 Å². The largest absolute Gasteiger partial charge is 0.383 e. The summed E-state index contributed by atoms with van der Waals surface area (Å²) in [4.78, 5) is 5.44. The predicted octanol–water partition coefficient (Wildman–Crippen LogP) is 2.55. The Morgan fingerprint density at radius 3 is 2.55 bits per heavy atom. The molecule has 128 valence electrons. The smallest absolute Gasteiger partial charge is 0.191 e. The van der Waals surface area contributed by atoms with Gasteiger partial charge in [0.05, 0.1) is 18.7 Å². The van der Waals surface area contributed by atoms with Crippen molar-refractivity contribution >= 4 is 41.3 Å². The van der Waals surface area contributed by atoms with Crippen LogP contribution in [0.5, 0.6) is 0 Å². The molecule has 1 aromatic rings. The summed E-state index contributed by atoms with van der Waals surface area (Å²) in [6, 6.07) is 3.87. The van der Waals surface area contributed by atoms with Crippen LogP contribution in [0.2, 0.25) is 0 Å². The Bertz CT molecular complexity index is 448. The van der Waals surface area contributed by atoms with Crippen molar-refractivity contribution in [2.45, 2.75) is 38.9 Å². The van der Waals surface area contributed by atoms with Crippen molar-refractivity contribution in [3.8, 4) is 0 Å². The molecule has 22 heavy (non-hydrogen) atoms. The molecule has 0 aliphatic heterocycles. The maximum atomic E-state index is 10.5. The standard InChI is InChI=1S/C15H27N3O2S.HI/c1-6-16-13(17-10-14(2,3)20-5)18-11-15(4,19)12-8-7-9-21-12;/h7-9,19H,6,10-11H2,1-5H3,(H2,16,17,18);1H. The van der Waals surface area contributed by atoms with Gasteiger partial charge in [-0.3, -0.25) is 4.99 Å². The van der Waals surface area contributed by atoms with Crippen molar-refractivity contribution in [1.29, 1.82) is 0 Å². The lowest BCUT2D eigenvalue weighted by molar-refractivity contribution is 0.0310. The maximum Gasteiger partial charge on any atom is 0.191 e. The zero-order valence-corrected chi connectivity index (χ0v) is 17.1. The van der Waals surface area contributed by atoms with Crippen LogP contribution in [0.4, 0.5) is 0 Å². The van der Waals surface area contributed by atoms with E-state index in [2.05, 4.69) is 15.6 Å². The average Bonchev–Trinajstić information content (AvgIpc) is 2.97. The molecule has 1 heterocycles. The highest BCUT2D eigenvalue weighted by Gasteiger charge is 2.24. The Hall–Kier alpha value is -0.380. The van der Waals surface area contributed by atoms with E-state index in [9.17, 15) is 5.11 Å². The van der Waals surface area contributed by atoms with Gasteiger partial charge in [0.1, 0.15) is 5.60 Å². The number of methoxy groups -OCH3 is 1. The number of thiophene rings is 1. The number of guanidine groups is 1. The van der Waals surface area contributed by atoms with Crippen LogP contribution in [0, 0.1) is 0 Å². The highest BCUT2D eigenvalue weighted by Crippen LogP contribution is 2.24. The van der Waals surface area contributed by atoms with Gasteiger partial charge in [-0.25, -0.2) is 0 Å². The topological polar surface area (TPSA) is 65.9 Å². The molecule has 0 radical (unpaired) electrons. The van der Waals surface area contributed by atoms with Gasteiger partial charge < -0.3 is 20.5 Å². The SMILES string of the molecule is CCNC(=NCC(C)(C)OC)NCC(C)(O)c1cccs1.I. The Kier molecular flexibility index (Phi) is 9.52. The zero-order valence-electron chi connectivity index (χ0n) is 14.0. The molecule has 7 heteroatoms. The Morgan fingerprint density at radius 1 is 1.36 bits per heavy atom. The quantitative estimate of drug-likeness (QED) is 0.346. The molecule has 5 nitrogen and oxygen atoms in total. The third-order valence-corrected chi connectivity index (χ3v) is 4.29. The first-order valence-corrected chi connectivity index (χ1v) is 8.02. The zero-order chi connectivity index (χ0) is 15.9. The first kappa shape index (κ1) is 21.6. The van der Waals surface area contributed by atoms with E-state index in [1.54, 1.807) is 25.4 Å². The molecule has 0 spiro atoms. The van der Waals surface area contributed by atoms with E-state index in [1.807, 2.05) is 38.3 Å². The van der Waals surface area contributed by atoms with Crippen LogP contribution in [0.3, 0.4) is 0 Å². The molecule has 0 aromatic carbocycles. The number of hydrogen-bond donors (Lipinski definition) is 3. The van der Waals surface area contributed by atoms with Crippen LogP contribution in [-0.2, 0) is 10.3 Å². The summed E-state index contributed by atoms with van der Waals surface area (Å²) >= 11 is 1.55. The van der Waals surface area contributed by atoms with Gasteiger partial charge in [-0.1, -0.05) is 6.07 Å². The fourth-order valence-electron chi connectivity index (χ4n) is 1.60. The first-order chi connectivity index (χ1) is 9.80. The van der Waals surface area contributed by atoms with Crippen LogP contribution >= 0.6 is 35.3 Å². The molecule has 1 aromatic heterocycles. The van der Waals surface area contributed by atoms with Gasteiger partial charge in [0.2, 0.25) is 0 Å². The lowest BCUT2D eigenvalue weighted by Gasteiger charge is -2.25. The van der Waals surface area contributed by atoms with Crippen LogP contribution in [0.1, 0.15) is 32.6 Å². The van der Waals surface area contributed by atoms with Gasteiger partial charge in [-0.15, -0.1) is 35.3 Å². The van der Waals surface area contributed by atoms with Gasteiger partial charge in [-0.05, 0) is 39.1 Å². The van der Waals surface area contributed by atoms with Gasteiger partial charge in [0.25, 0.3) is 0 Å². The minimum atomic E-state index is -0.916. The molecule has 1 rings (SSSR count). The van der Waals surface area contributed by atoms with E-state index in [1.165, 1.54) is 0 Å². The van der Waals surface area contributed by atoms with Crippen molar-refractivity contribution in [1.82, 2.24) is 10.6 Å². The van der Waals surface area contributed by atoms with Crippen molar-refractivity contribution < 1.29 is 9.84 Å². The van der Waals surface area contributed by atoms with Crippen LogP contribution in [0.25, 0.3) is 0 Å². The minimum absolute atomic E-state index is 0. The number of nitrogens with one attached hydrogen (secondary N) is 2. The van der Waals surface area contributed by atoms with Gasteiger partial charge in [-0.2, -0.15) is 0 Å². The highest BCUT2D eigenvalue weighted by atomic mass is 127. The normalized spacial score (nSPS) is 14.9. The van der Waals surface area contributed by atoms with E-state index in [-0.39, 0.29) is 29.6 Å². The van der Waals surface area contributed by atoms with Gasteiger partial charge in [0, 0.05) is 18.5 Å². The number of rotatable bonds is 7. The second-order valence-corrected chi connectivity index (χ2v) is 6.71. The second kappa shape index (κ2) is 9.69. The molecular formula is C15H28IN3O2S. The summed E-state index contributed by atoms with van der Waals surface area (Å²) in [5.74, 6) is 0.680. The second-order valence-electron chi connectivity index (χ2n) is 5.76. The van der Waals surface area contributed by atoms with Gasteiger partial charge >= 0.3 is 0 Å². The summed E-state index contributed by atoms with van der Waals surface area (Å²) in [6.45, 7) is 9.49. The van der Waals surface area contributed by atoms with E-state index in [0.29, 0.717) is 19.0 Å². The molecule has 3 N–H and O–H groups in total. The van der Waals surface area contributed by atoms with Gasteiger partial charge in [0.15, 0.2) is 5.96 Å². The van der Waals surface area contributed by atoms with E-state index in [4.69, 9.17) is 4.74 Å². The Balaban J connectivity index is 0.00000441. The number of nitrogens with zero attached hydrogens (tertiary/aromatic N) is 1. The number of hydrogen-bond acceptors (Lipinski definition) is 4. The molecule has 0 aliphatic rings. The highest BCUT2D eigenvalue weighted by molar-refractivity contribution is 14.0. The average molecular weight is 441 g/mol. The predicted molar refractivity (Wildman–Crippen MR) is 104 cm³/mol. The van der Waals surface area contributed by atoms with E-state index < -0.39 is 5.60 Å². The molecule has 0 aliphatic carbocycles. The molecular weight excluding hydrogens is 413 g/mol. The van der Waals surface area contributed by atoms with Crippen molar-refractivity contribution in [2.24, 2.45) is 4.99 Å². The molecule has 1 unspecified atom stereocenters. The maximum absolute atomic E-state index is 10.5. The third kappa shape index (κ3) is 7.26. The van der Waals surface area contributed by atoms with E-state index in [0.717, 1.165) is 11.4 Å². The summed E-state index contributed by atoms with van der Waals surface area (Å²) in [7, 11) is 1.68. The third-order valence-electron chi connectivity index (χ3n) is 3.17. The molecule has 1 atom stereocenters. The van der Waals surface area contributed by atoms with Crippen LogP contribution in [-0.4, -0.2) is 43.4 Å². The molecule has 0 saturated carbocycles. The van der Waals surface area contributed by atoms with Crippen LogP contribution in [0.15, 0.2) is 22.5 Å². The first-order valence-electron chi connectivity index (χ1n) is 7.14. The minimum Gasteiger partial charge on any atom is -0.383 e. The Labute approximate surface area is 154 Å². The van der Waals surface area contributed by atoms with E-state index >= 15 is 0 Å². The number of ether oxygens (including phenoxy) is 1. The number of aliphatic hydroxyl groups is 1. The summed E-state index contributed by atoms with van der Waals surface area (Å²) < 4.78 is 5.36. The van der Waals surface area contributed by atoms with Crippen molar-refractivity contribution in [2.75, 3.05) is 26.7 Å². The van der Waals surface area contributed by atoms with Crippen LogP contribution < -0.4 is 10.6 Å².